The fourth-order valence-corrected chi connectivity index (χ4v) is 2.91. The lowest BCUT2D eigenvalue weighted by Crippen LogP contribution is -2.38. The van der Waals surface area contributed by atoms with Crippen LogP contribution < -0.4 is 4.74 Å². The number of carbonyl (C=O) groups is 1. The maximum atomic E-state index is 12.6. The van der Waals surface area contributed by atoms with Crippen LogP contribution in [0.1, 0.15) is 25.5 Å². The van der Waals surface area contributed by atoms with Crippen molar-refractivity contribution in [2.24, 2.45) is 10.9 Å². The van der Waals surface area contributed by atoms with E-state index in [1.165, 1.54) is 12.1 Å². The smallest absolute Gasteiger partial charge is 0.433 e. The molecule has 1 aliphatic rings. The molecule has 1 amide bonds. The van der Waals surface area contributed by atoms with Gasteiger partial charge in [0, 0.05) is 31.1 Å². The largest absolute Gasteiger partial charge is 0.456 e. The van der Waals surface area contributed by atoms with E-state index in [1.54, 1.807) is 24.2 Å². The molecular weight excluding hydrogens is 371 g/mol. The number of ether oxygens (including phenoxy) is 1. The topological polar surface area (TPSA) is 54.8 Å². The van der Waals surface area contributed by atoms with Gasteiger partial charge in [-0.15, -0.1) is 0 Å². The molecule has 0 N–H and O–H groups in total. The third-order valence-electron chi connectivity index (χ3n) is 4.37. The predicted molar refractivity (Wildman–Crippen MR) is 101 cm³/mol. The average molecular weight is 393 g/mol. The van der Waals surface area contributed by atoms with Gasteiger partial charge in [-0.05, 0) is 43.9 Å². The van der Waals surface area contributed by atoms with Gasteiger partial charge in [0.2, 0.25) is 5.91 Å². The quantitative estimate of drug-likeness (QED) is 0.312. The van der Waals surface area contributed by atoms with Gasteiger partial charge in [0.05, 0.1) is 6.20 Å². The van der Waals surface area contributed by atoms with E-state index in [-0.39, 0.29) is 17.6 Å². The summed E-state index contributed by atoms with van der Waals surface area (Å²) < 4.78 is 43.5. The molecule has 0 aliphatic carbocycles. The lowest BCUT2D eigenvalue weighted by molar-refractivity contribution is -0.141. The lowest BCUT2D eigenvalue weighted by Gasteiger charge is -2.32. The molecule has 0 unspecified atom stereocenters. The summed E-state index contributed by atoms with van der Waals surface area (Å²) in [6.45, 7) is 10.3. The Kier molecular flexibility index (Phi) is 7.14. The molecule has 0 bridgehead atoms. The van der Waals surface area contributed by atoms with Gasteiger partial charge in [0.1, 0.15) is 17.2 Å². The predicted octanol–water partition coefficient (Wildman–Crippen LogP) is 4.39. The first kappa shape index (κ1) is 21.4. The van der Waals surface area contributed by atoms with Gasteiger partial charge >= 0.3 is 6.18 Å². The lowest BCUT2D eigenvalue weighted by atomic mass is 9.88. The normalized spacial score (nSPS) is 16.3. The van der Waals surface area contributed by atoms with Crippen LogP contribution in [-0.2, 0) is 11.0 Å². The molecule has 0 spiro atoms. The van der Waals surface area contributed by atoms with Gasteiger partial charge in [-0.3, -0.25) is 9.79 Å². The minimum absolute atomic E-state index is 0.0625. The van der Waals surface area contributed by atoms with Crippen molar-refractivity contribution in [3.05, 3.63) is 60.8 Å². The highest BCUT2D eigenvalue weighted by Gasteiger charge is 2.32. The Morgan fingerprint density at radius 1 is 1.36 bits per heavy atom. The summed E-state index contributed by atoms with van der Waals surface area (Å²) in [7, 11) is 0. The van der Waals surface area contributed by atoms with Gasteiger partial charge in [0.15, 0.2) is 0 Å². The zero-order valence-corrected chi connectivity index (χ0v) is 15.6. The van der Waals surface area contributed by atoms with Crippen LogP contribution in [-0.4, -0.2) is 35.1 Å². The third-order valence-corrected chi connectivity index (χ3v) is 4.37. The van der Waals surface area contributed by atoms with E-state index < -0.39 is 11.9 Å². The maximum Gasteiger partial charge on any atom is 0.433 e. The Morgan fingerprint density at radius 3 is 2.54 bits per heavy atom. The third kappa shape index (κ3) is 5.55. The molecule has 0 radical (unpaired) electrons. The summed E-state index contributed by atoms with van der Waals surface area (Å²) in [5.74, 6) is 0.401. The number of allylic oxidation sites excluding steroid dienone is 1. The Morgan fingerprint density at radius 2 is 2.04 bits per heavy atom. The van der Waals surface area contributed by atoms with Crippen LogP contribution in [0.25, 0.3) is 0 Å². The SMILES string of the molecule is C=CC(=O)N1CCC(/C(=C/N=CC)C(=C)Oc2ccc(C(F)(F)F)nc2)CC1. The van der Waals surface area contributed by atoms with Crippen LogP contribution >= 0.6 is 0 Å². The minimum Gasteiger partial charge on any atom is -0.456 e. The number of rotatable bonds is 6. The molecule has 1 saturated heterocycles. The molecule has 0 saturated carbocycles. The molecule has 2 rings (SSSR count). The van der Waals surface area contributed by atoms with Gasteiger partial charge < -0.3 is 9.64 Å². The van der Waals surface area contributed by atoms with Gasteiger partial charge in [-0.1, -0.05) is 13.2 Å². The maximum absolute atomic E-state index is 12.6. The molecule has 0 aromatic carbocycles. The number of carbonyl (C=O) groups excluding carboxylic acids is 1. The summed E-state index contributed by atoms with van der Waals surface area (Å²) in [5, 5.41) is 0. The molecule has 1 aromatic heterocycles. The average Bonchev–Trinajstić information content (AvgIpc) is 2.68. The zero-order valence-electron chi connectivity index (χ0n) is 15.6. The highest BCUT2D eigenvalue weighted by atomic mass is 19.4. The van der Waals surface area contributed by atoms with Crippen molar-refractivity contribution >= 4 is 12.1 Å². The highest BCUT2D eigenvalue weighted by Crippen LogP contribution is 2.32. The first-order chi connectivity index (χ1) is 13.3. The Labute approximate surface area is 161 Å². The van der Waals surface area contributed by atoms with Crippen molar-refractivity contribution in [2.75, 3.05) is 13.1 Å². The summed E-state index contributed by atoms with van der Waals surface area (Å²) in [5.41, 5.74) is -0.250. The van der Waals surface area contributed by atoms with Gasteiger partial charge in [-0.25, -0.2) is 4.98 Å². The number of piperidine rings is 1. The minimum atomic E-state index is -4.51. The fourth-order valence-electron chi connectivity index (χ4n) is 2.91. The Balaban J connectivity index is 2.10. The van der Waals surface area contributed by atoms with Crippen LogP contribution in [0.3, 0.4) is 0 Å². The van der Waals surface area contributed by atoms with Gasteiger partial charge in [-0.2, -0.15) is 13.2 Å². The van der Waals surface area contributed by atoms with E-state index >= 15 is 0 Å². The number of aliphatic imine (C=N–C) groups is 1. The highest BCUT2D eigenvalue weighted by molar-refractivity contribution is 5.87. The Hall–Kier alpha value is -2.90. The van der Waals surface area contributed by atoms with Crippen LogP contribution in [0.4, 0.5) is 13.2 Å². The first-order valence-corrected chi connectivity index (χ1v) is 8.75. The van der Waals surface area contributed by atoms with Crippen LogP contribution in [0.5, 0.6) is 5.75 Å². The number of pyridine rings is 1. The van der Waals surface area contributed by atoms with Crippen LogP contribution in [0.15, 0.2) is 60.1 Å². The molecule has 1 aliphatic heterocycles. The zero-order chi connectivity index (χ0) is 20.7. The second kappa shape index (κ2) is 9.34. The van der Waals surface area contributed by atoms with E-state index in [0.717, 1.165) is 17.8 Å². The molecular formula is C20H22F3N3O2. The summed E-state index contributed by atoms with van der Waals surface area (Å²) in [6.07, 6.45) is 2.43. The number of nitrogens with zero attached hydrogens (tertiary/aromatic N) is 3. The number of aromatic nitrogens is 1. The number of amides is 1. The van der Waals surface area contributed by atoms with Crippen molar-refractivity contribution < 1.29 is 22.7 Å². The van der Waals surface area contributed by atoms with Crippen molar-refractivity contribution in [3.63, 3.8) is 0 Å². The molecule has 1 aromatic rings. The summed E-state index contributed by atoms with van der Waals surface area (Å²) >= 11 is 0. The second-order valence-corrected chi connectivity index (χ2v) is 6.20. The van der Waals surface area contributed by atoms with Crippen molar-refractivity contribution in [1.29, 1.82) is 0 Å². The van der Waals surface area contributed by atoms with E-state index in [4.69, 9.17) is 4.74 Å². The van der Waals surface area contributed by atoms with Crippen molar-refractivity contribution in [3.8, 4) is 5.75 Å². The van der Waals surface area contributed by atoms with Crippen molar-refractivity contribution in [2.45, 2.75) is 25.9 Å². The summed E-state index contributed by atoms with van der Waals surface area (Å²) in [4.78, 5) is 21.0. The molecule has 0 atom stereocenters. The van der Waals surface area contributed by atoms with E-state index in [1.807, 2.05) is 0 Å². The second-order valence-electron chi connectivity index (χ2n) is 6.20. The van der Waals surface area contributed by atoms with E-state index in [9.17, 15) is 18.0 Å². The van der Waals surface area contributed by atoms with Gasteiger partial charge in [0.25, 0.3) is 0 Å². The standard InChI is InChI=1S/C20H22F3N3O2/c1-4-19(27)26-10-8-15(9-11-26)17(13-24-5-2)14(3)28-16-6-7-18(25-12-16)20(21,22)23/h4-7,12-13,15H,1,3,8-11H2,2H3/b17-13+,24-5?. The van der Waals surface area contributed by atoms with Crippen LogP contribution in [0.2, 0.25) is 0 Å². The van der Waals surface area contributed by atoms with Crippen molar-refractivity contribution in [1.82, 2.24) is 9.88 Å². The van der Waals surface area contributed by atoms with E-state index in [2.05, 4.69) is 23.1 Å². The fraction of sp³-hybridized carbons (Fsp3) is 0.350. The first-order valence-electron chi connectivity index (χ1n) is 8.75. The molecule has 8 heteroatoms. The molecule has 28 heavy (non-hydrogen) atoms. The monoisotopic (exact) mass is 393 g/mol. The summed E-state index contributed by atoms with van der Waals surface area (Å²) in [6, 6.07) is 2.06. The molecule has 1 fully saturated rings. The molecule has 150 valence electrons. The number of likely N-dealkylation sites (tertiary alicyclic amines) is 1. The number of hydrogen-bond donors (Lipinski definition) is 0. The number of halogens is 3. The molecule has 5 nitrogen and oxygen atoms in total. The Bertz CT molecular complexity index is 775. The number of hydrogen-bond acceptors (Lipinski definition) is 4. The van der Waals surface area contributed by atoms with Crippen LogP contribution in [0, 0.1) is 5.92 Å². The molecule has 2 heterocycles. The number of alkyl halides is 3. The van der Waals surface area contributed by atoms with E-state index in [0.29, 0.717) is 31.7 Å².